The molecule has 0 aliphatic carbocycles. The zero-order chi connectivity index (χ0) is 18.5. The summed E-state index contributed by atoms with van der Waals surface area (Å²) in [6.45, 7) is 9.26. The molecule has 0 bridgehead atoms. The lowest BCUT2D eigenvalue weighted by molar-refractivity contribution is -0.130. The molecular weight excluding hydrogens is 334 g/mol. The van der Waals surface area contributed by atoms with Crippen LogP contribution in [0.2, 0.25) is 5.02 Å². The normalized spacial score (nSPS) is 12.3. The Kier molecular flexibility index (Phi) is 6.90. The molecule has 1 aromatic carbocycles. The molecule has 0 fully saturated rings. The predicted molar refractivity (Wildman–Crippen MR) is 91.9 cm³/mol. The highest BCUT2D eigenvalue weighted by Crippen LogP contribution is 2.36. The highest BCUT2D eigenvalue weighted by Gasteiger charge is 2.24. The third kappa shape index (κ3) is 5.60. The summed E-state index contributed by atoms with van der Waals surface area (Å²) >= 11 is 6.13. The van der Waals surface area contributed by atoms with E-state index in [4.69, 9.17) is 25.8 Å². The number of carbonyl (C=O) groups is 2. The SMILES string of the molecule is CCOc1c(Cl)cc(C(=O)OC(C)C(=O)NC(C)(C)C)cc1OC. The second-order valence-corrected chi connectivity index (χ2v) is 6.62. The van der Waals surface area contributed by atoms with Crippen LogP contribution in [0.3, 0.4) is 0 Å². The maximum Gasteiger partial charge on any atom is 0.339 e. The van der Waals surface area contributed by atoms with Crippen molar-refractivity contribution in [3.05, 3.63) is 22.7 Å². The lowest BCUT2D eigenvalue weighted by Crippen LogP contribution is -2.46. The number of esters is 1. The first-order chi connectivity index (χ1) is 11.1. The van der Waals surface area contributed by atoms with Gasteiger partial charge in [0.05, 0.1) is 24.3 Å². The molecule has 0 saturated carbocycles. The summed E-state index contributed by atoms with van der Waals surface area (Å²) in [6.07, 6.45) is -0.937. The fourth-order valence-corrected chi connectivity index (χ4v) is 2.14. The molecule has 6 nitrogen and oxygen atoms in total. The summed E-state index contributed by atoms with van der Waals surface area (Å²) in [5.41, 5.74) is -0.237. The van der Waals surface area contributed by atoms with Gasteiger partial charge in [-0.1, -0.05) is 11.6 Å². The first-order valence-corrected chi connectivity index (χ1v) is 8.00. The van der Waals surface area contributed by atoms with Gasteiger partial charge < -0.3 is 19.5 Å². The summed E-state index contributed by atoms with van der Waals surface area (Å²) in [5, 5.41) is 2.98. The summed E-state index contributed by atoms with van der Waals surface area (Å²) < 4.78 is 15.8. The monoisotopic (exact) mass is 357 g/mol. The largest absolute Gasteiger partial charge is 0.493 e. The Labute approximate surface area is 147 Å². The van der Waals surface area contributed by atoms with Crippen molar-refractivity contribution in [2.45, 2.75) is 46.3 Å². The van der Waals surface area contributed by atoms with Crippen LogP contribution in [0.25, 0.3) is 0 Å². The zero-order valence-electron chi connectivity index (χ0n) is 14.9. The number of hydrogen-bond acceptors (Lipinski definition) is 5. The molecule has 0 heterocycles. The van der Waals surface area contributed by atoms with Gasteiger partial charge in [0.25, 0.3) is 5.91 Å². The lowest BCUT2D eigenvalue weighted by Gasteiger charge is -2.23. The van der Waals surface area contributed by atoms with Crippen LogP contribution in [0.4, 0.5) is 0 Å². The summed E-state index contributed by atoms with van der Waals surface area (Å²) in [7, 11) is 1.45. The maximum absolute atomic E-state index is 12.3. The maximum atomic E-state index is 12.3. The standard InChI is InChI=1S/C17H24ClNO5/c1-7-23-14-12(18)8-11(9-13(14)22-6)16(21)24-10(2)15(20)19-17(3,4)5/h8-10H,7H2,1-6H3,(H,19,20). The van der Waals surface area contributed by atoms with Crippen molar-refractivity contribution in [1.82, 2.24) is 5.32 Å². The molecule has 134 valence electrons. The Morgan fingerprint density at radius 1 is 1.29 bits per heavy atom. The molecule has 1 aromatic rings. The quantitative estimate of drug-likeness (QED) is 0.791. The van der Waals surface area contributed by atoms with E-state index in [1.165, 1.54) is 26.2 Å². The van der Waals surface area contributed by atoms with E-state index in [9.17, 15) is 9.59 Å². The van der Waals surface area contributed by atoms with Gasteiger partial charge in [-0.15, -0.1) is 0 Å². The molecule has 0 aromatic heterocycles. The number of benzene rings is 1. The fourth-order valence-electron chi connectivity index (χ4n) is 1.88. The Bertz CT molecular complexity index is 610. The Hall–Kier alpha value is -1.95. The van der Waals surface area contributed by atoms with Crippen molar-refractivity contribution < 1.29 is 23.8 Å². The lowest BCUT2D eigenvalue weighted by atomic mass is 10.1. The minimum Gasteiger partial charge on any atom is -0.493 e. The van der Waals surface area contributed by atoms with E-state index in [2.05, 4.69) is 5.32 Å². The third-order valence-corrected chi connectivity index (χ3v) is 3.19. The summed E-state index contributed by atoms with van der Waals surface area (Å²) in [5.74, 6) is -0.366. The van der Waals surface area contributed by atoms with Gasteiger partial charge in [-0.3, -0.25) is 4.79 Å². The molecule has 1 rings (SSSR count). The molecule has 0 aliphatic rings. The first kappa shape index (κ1) is 20.1. The van der Waals surface area contributed by atoms with Gasteiger partial charge in [0.2, 0.25) is 0 Å². The smallest absolute Gasteiger partial charge is 0.339 e. The van der Waals surface area contributed by atoms with Crippen LogP contribution in [0, 0.1) is 0 Å². The number of methoxy groups -OCH3 is 1. The zero-order valence-corrected chi connectivity index (χ0v) is 15.6. The van der Waals surface area contributed by atoms with Gasteiger partial charge in [0, 0.05) is 5.54 Å². The Balaban J connectivity index is 2.92. The number of hydrogen-bond donors (Lipinski definition) is 1. The van der Waals surface area contributed by atoms with Crippen LogP contribution >= 0.6 is 11.6 Å². The van der Waals surface area contributed by atoms with E-state index in [0.717, 1.165) is 0 Å². The van der Waals surface area contributed by atoms with Crippen LogP contribution < -0.4 is 14.8 Å². The minimum absolute atomic E-state index is 0.177. The molecule has 7 heteroatoms. The van der Waals surface area contributed by atoms with Crippen molar-refractivity contribution in [2.75, 3.05) is 13.7 Å². The molecule has 0 radical (unpaired) electrons. The van der Waals surface area contributed by atoms with Crippen LogP contribution in [0.5, 0.6) is 11.5 Å². The van der Waals surface area contributed by atoms with Crippen LogP contribution in [0.15, 0.2) is 12.1 Å². The average molecular weight is 358 g/mol. The first-order valence-electron chi connectivity index (χ1n) is 7.62. The molecule has 24 heavy (non-hydrogen) atoms. The molecular formula is C17H24ClNO5. The summed E-state index contributed by atoms with van der Waals surface area (Å²) in [6, 6.07) is 2.89. The minimum atomic E-state index is -0.937. The van der Waals surface area contributed by atoms with Crippen molar-refractivity contribution in [2.24, 2.45) is 0 Å². The van der Waals surface area contributed by atoms with Gasteiger partial charge in [-0.2, -0.15) is 0 Å². The molecule has 1 N–H and O–H groups in total. The van der Waals surface area contributed by atoms with Gasteiger partial charge in [-0.25, -0.2) is 4.79 Å². The van der Waals surface area contributed by atoms with Crippen molar-refractivity contribution in [3.8, 4) is 11.5 Å². The molecule has 0 saturated heterocycles. The number of rotatable bonds is 6. The number of carbonyl (C=O) groups excluding carboxylic acids is 2. The van der Waals surface area contributed by atoms with E-state index in [1.807, 2.05) is 27.7 Å². The van der Waals surface area contributed by atoms with E-state index < -0.39 is 17.6 Å². The van der Waals surface area contributed by atoms with E-state index in [0.29, 0.717) is 18.1 Å². The molecule has 1 amide bonds. The topological polar surface area (TPSA) is 73.9 Å². The Morgan fingerprint density at radius 2 is 1.92 bits per heavy atom. The average Bonchev–Trinajstić information content (AvgIpc) is 2.47. The van der Waals surface area contributed by atoms with Crippen LogP contribution in [-0.2, 0) is 9.53 Å². The summed E-state index contributed by atoms with van der Waals surface area (Å²) in [4.78, 5) is 24.3. The number of nitrogens with one attached hydrogen (secondary N) is 1. The fraction of sp³-hybridized carbons (Fsp3) is 0.529. The second kappa shape index (κ2) is 8.24. The highest BCUT2D eigenvalue weighted by molar-refractivity contribution is 6.32. The van der Waals surface area contributed by atoms with Gasteiger partial charge >= 0.3 is 5.97 Å². The highest BCUT2D eigenvalue weighted by atomic mass is 35.5. The van der Waals surface area contributed by atoms with E-state index in [1.54, 1.807) is 0 Å². The van der Waals surface area contributed by atoms with Crippen LogP contribution in [0.1, 0.15) is 45.0 Å². The predicted octanol–water partition coefficient (Wildman–Crippen LogP) is 3.21. The molecule has 0 spiro atoms. The molecule has 0 aliphatic heterocycles. The van der Waals surface area contributed by atoms with Gasteiger partial charge in [0.15, 0.2) is 17.6 Å². The molecule has 1 unspecified atom stereocenters. The number of ether oxygens (including phenoxy) is 3. The van der Waals surface area contributed by atoms with Crippen molar-refractivity contribution in [1.29, 1.82) is 0 Å². The second-order valence-electron chi connectivity index (χ2n) is 6.21. The van der Waals surface area contributed by atoms with Gasteiger partial charge in [0.1, 0.15) is 0 Å². The van der Waals surface area contributed by atoms with Gasteiger partial charge in [-0.05, 0) is 46.8 Å². The third-order valence-electron chi connectivity index (χ3n) is 2.91. The van der Waals surface area contributed by atoms with E-state index in [-0.39, 0.29) is 16.5 Å². The molecule has 1 atom stereocenters. The Morgan fingerprint density at radius 3 is 2.42 bits per heavy atom. The van der Waals surface area contributed by atoms with Crippen LogP contribution in [-0.4, -0.2) is 37.2 Å². The van der Waals surface area contributed by atoms with E-state index >= 15 is 0 Å². The number of amides is 1. The number of halogens is 1. The van der Waals surface area contributed by atoms with Crippen molar-refractivity contribution in [3.63, 3.8) is 0 Å². The van der Waals surface area contributed by atoms with Crippen molar-refractivity contribution >= 4 is 23.5 Å².